The Morgan fingerprint density at radius 3 is 2.42 bits per heavy atom. The van der Waals surface area contributed by atoms with Crippen molar-refractivity contribution in [1.29, 1.82) is 0 Å². The first kappa shape index (κ1) is 18.5. The predicted molar refractivity (Wildman–Crippen MR) is 86.5 cm³/mol. The van der Waals surface area contributed by atoms with Gasteiger partial charge in [-0.05, 0) is 19.1 Å². The van der Waals surface area contributed by atoms with Gasteiger partial charge in [-0.25, -0.2) is 8.42 Å². The molecule has 9 heteroatoms. The summed E-state index contributed by atoms with van der Waals surface area (Å²) in [5.74, 6) is 0.355. The van der Waals surface area contributed by atoms with Crippen molar-refractivity contribution in [2.24, 2.45) is 0 Å². The lowest BCUT2D eigenvalue weighted by atomic mass is 10.1. The maximum absolute atomic E-state index is 13.0. The Balaban J connectivity index is 2.50. The quantitative estimate of drug-likeness (QED) is 0.791. The molecule has 0 aliphatic carbocycles. The van der Waals surface area contributed by atoms with Gasteiger partial charge in [0.15, 0.2) is 11.5 Å². The van der Waals surface area contributed by atoms with Gasteiger partial charge in [-0.2, -0.15) is 4.31 Å². The summed E-state index contributed by atoms with van der Waals surface area (Å²) in [5.41, 5.74) is 0. The van der Waals surface area contributed by atoms with Crippen molar-refractivity contribution >= 4 is 15.9 Å². The molecule has 1 fully saturated rings. The first-order valence-electron chi connectivity index (χ1n) is 7.39. The number of hydrogen-bond donors (Lipinski definition) is 1. The van der Waals surface area contributed by atoms with Crippen molar-refractivity contribution in [2.45, 2.75) is 23.9 Å². The van der Waals surface area contributed by atoms with Gasteiger partial charge in [0, 0.05) is 19.7 Å². The molecule has 2 atom stereocenters. The minimum absolute atomic E-state index is 0.0252. The Kier molecular flexibility index (Phi) is 5.36. The van der Waals surface area contributed by atoms with Crippen LogP contribution in [0.2, 0.25) is 0 Å². The largest absolute Gasteiger partial charge is 0.493 e. The van der Waals surface area contributed by atoms with E-state index < -0.39 is 22.1 Å². The Hall–Kier alpha value is -1.84. The van der Waals surface area contributed by atoms with Gasteiger partial charge >= 0.3 is 0 Å². The molecule has 1 aromatic rings. The second-order valence-electron chi connectivity index (χ2n) is 5.58. The van der Waals surface area contributed by atoms with E-state index in [1.807, 2.05) is 0 Å². The Morgan fingerprint density at radius 1 is 1.25 bits per heavy atom. The average Bonchev–Trinajstić information content (AvgIpc) is 2.58. The number of carbonyl (C=O) groups is 1. The number of aliphatic hydroxyl groups excluding tert-OH is 1. The number of piperazine rings is 1. The fourth-order valence-corrected chi connectivity index (χ4v) is 4.64. The third-order valence-electron chi connectivity index (χ3n) is 4.10. The van der Waals surface area contributed by atoms with Crippen molar-refractivity contribution < 1.29 is 27.8 Å². The highest BCUT2D eigenvalue weighted by Gasteiger charge is 2.43. The third-order valence-corrected chi connectivity index (χ3v) is 6.12. The summed E-state index contributed by atoms with van der Waals surface area (Å²) < 4.78 is 37.4. The van der Waals surface area contributed by atoms with Gasteiger partial charge in [-0.1, -0.05) is 0 Å². The molecule has 0 aromatic heterocycles. The molecule has 24 heavy (non-hydrogen) atoms. The highest BCUT2D eigenvalue weighted by molar-refractivity contribution is 7.89. The highest BCUT2D eigenvalue weighted by Crippen LogP contribution is 2.32. The second-order valence-corrected chi connectivity index (χ2v) is 7.43. The van der Waals surface area contributed by atoms with Gasteiger partial charge in [0.2, 0.25) is 15.9 Å². The maximum Gasteiger partial charge on any atom is 0.244 e. The number of benzene rings is 1. The van der Waals surface area contributed by atoms with E-state index in [1.165, 1.54) is 44.2 Å². The molecular weight excluding hydrogens is 336 g/mol. The molecular formula is C15H22N2O6S. The van der Waals surface area contributed by atoms with Gasteiger partial charge in [0.05, 0.1) is 31.8 Å². The molecule has 1 saturated heterocycles. The Labute approximate surface area is 141 Å². The summed E-state index contributed by atoms with van der Waals surface area (Å²) in [7, 11) is 0.452. The molecule has 1 amide bonds. The Bertz CT molecular complexity index is 721. The topological polar surface area (TPSA) is 96.4 Å². The SMILES string of the molecule is COc1ccc(S(=O)(=O)N2[C@@H](CO)CN(C)C(=O)[C@@H]2C)cc1OC. The van der Waals surface area contributed by atoms with Gasteiger partial charge in [-0.3, -0.25) is 4.79 Å². The minimum atomic E-state index is -4.00. The summed E-state index contributed by atoms with van der Waals surface area (Å²) in [6, 6.07) is 2.61. The standard InChI is InChI=1S/C15H22N2O6S/c1-10-15(19)16(2)8-11(9-18)17(10)24(20,21)12-5-6-13(22-3)14(7-12)23-4/h5-7,10-11,18H,8-9H2,1-4H3/t10-,11+/m0/s1. The summed E-state index contributed by atoms with van der Waals surface area (Å²) >= 11 is 0. The van der Waals surface area contributed by atoms with Crippen LogP contribution in [0, 0.1) is 0 Å². The number of nitrogens with zero attached hydrogens (tertiary/aromatic N) is 2. The van der Waals surface area contributed by atoms with Crippen LogP contribution in [0.4, 0.5) is 0 Å². The van der Waals surface area contributed by atoms with E-state index in [2.05, 4.69) is 0 Å². The van der Waals surface area contributed by atoms with Crippen molar-refractivity contribution in [3.05, 3.63) is 18.2 Å². The zero-order valence-electron chi connectivity index (χ0n) is 14.1. The van der Waals surface area contributed by atoms with Crippen LogP contribution in [0.1, 0.15) is 6.92 Å². The van der Waals surface area contributed by atoms with Crippen LogP contribution < -0.4 is 9.47 Å². The van der Waals surface area contributed by atoms with Crippen LogP contribution in [-0.2, 0) is 14.8 Å². The number of rotatable bonds is 5. The molecule has 2 rings (SSSR count). The van der Waals surface area contributed by atoms with E-state index in [4.69, 9.17) is 9.47 Å². The normalized spacial score (nSPS) is 22.5. The van der Waals surface area contributed by atoms with Crippen molar-refractivity contribution in [2.75, 3.05) is 34.4 Å². The number of aliphatic hydroxyl groups is 1. The van der Waals surface area contributed by atoms with E-state index in [-0.39, 0.29) is 29.7 Å². The molecule has 1 N–H and O–H groups in total. The van der Waals surface area contributed by atoms with E-state index >= 15 is 0 Å². The minimum Gasteiger partial charge on any atom is -0.493 e. The predicted octanol–water partition coefficient (Wildman–Crippen LogP) is -0.0841. The average molecular weight is 358 g/mol. The monoisotopic (exact) mass is 358 g/mol. The lowest BCUT2D eigenvalue weighted by molar-refractivity contribution is -0.139. The van der Waals surface area contributed by atoms with Crippen LogP contribution in [-0.4, -0.2) is 75.1 Å². The van der Waals surface area contributed by atoms with Crippen LogP contribution in [0.3, 0.4) is 0 Å². The lowest BCUT2D eigenvalue weighted by Crippen LogP contribution is -2.62. The van der Waals surface area contributed by atoms with Crippen LogP contribution >= 0.6 is 0 Å². The number of ether oxygens (including phenoxy) is 2. The Morgan fingerprint density at radius 2 is 1.88 bits per heavy atom. The first-order valence-corrected chi connectivity index (χ1v) is 8.83. The molecule has 0 radical (unpaired) electrons. The van der Waals surface area contributed by atoms with Crippen LogP contribution in [0.15, 0.2) is 23.1 Å². The first-order chi connectivity index (χ1) is 11.3. The molecule has 134 valence electrons. The van der Waals surface area contributed by atoms with Crippen molar-refractivity contribution in [1.82, 2.24) is 9.21 Å². The van der Waals surface area contributed by atoms with Gasteiger partial charge in [0.1, 0.15) is 6.04 Å². The summed E-state index contributed by atoms with van der Waals surface area (Å²) in [5, 5.41) is 9.59. The third kappa shape index (κ3) is 3.06. The molecule has 0 spiro atoms. The molecule has 1 aromatic carbocycles. The number of amides is 1. The number of methoxy groups -OCH3 is 2. The number of hydrogen-bond acceptors (Lipinski definition) is 6. The number of carbonyl (C=O) groups excluding carboxylic acids is 1. The highest BCUT2D eigenvalue weighted by atomic mass is 32.2. The van der Waals surface area contributed by atoms with E-state index in [9.17, 15) is 18.3 Å². The summed E-state index contributed by atoms with van der Waals surface area (Å²) in [4.78, 5) is 13.6. The van der Waals surface area contributed by atoms with Crippen LogP contribution in [0.25, 0.3) is 0 Å². The van der Waals surface area contributed by atoms with Gasteiger partial charge in [0.25, 0.3) is 0 Å². The molecule has 0 saturated carbocycles. The van der Waals surface area contributed by atoms with Gasteiger partial charge < -0.3 is 19.5 Å². The van der Waals surface area contributed by atoms with Crippen molar-refractivity contribution in [3.8, 4) is 11.5 Å². The zero-order chi connectivity index (χ0) is 18.1. The molecule has 8 nitrogen and oxygen atoms in total. The fourth-order valence-electron chi connectivity index (χ4n) is 2.87. The van der Waals surface area contributed by atoms with E-state index in [0.717, 1.165) is 4.31 Å². The van der Waals surface area contributed by atoms with Crippen LogP contribution in [0.5, 0.6) is 11.5 Å². The molecule has 0 unspecified atom stereocenters. The van der Waals surface area contributed by atoms with E-state index in [1.54, 1.807) is 7.05 Å². The second kappa shape index (κ2) is 6.96. The molecule has 1 heterocycles. The molecule has 1 aliphatic heterocycles. The lowest BCUT2D eigenvalue weighted by Gasteiger charge is -2.41. The van der Waals surface area contributed by atoms with Gasteiger partial charge in [-0.15, -0.1) is 0 Å². The summed E-state index contributed by atoms with van der Waals surface area (Å²) in [6.45, 7) is 1.26. The smallest absolute Gasteiger partial charge is 0.244 e. The molecule has 1 aliphatic rings. The number of sulfonamides is 1. The fraction of sp³-hybridized carbons (Fsp3) is 0.533. The van der Waals surface area contributed by atoms with E-state index in [0.29, 0.717) is 5.75 Å². The molecule has 0 bridgehead atoms. The number of likely N-dealkylation sites (N-methyl/N-ethyl adjacent to an activating group) is 1. The van der Waals surface area contributed by atoms with Crippen molar-refractivity contribution in [3.63, 3.8) is 0 Å². The zero-order valence-corrected chi connectivity index (χ0v) is 14.9. The summed E-state index contributed by atoms with van der Waals surface area (Å²) in [6.07, 6.45) is 0. The maximum atomic E-state index is 13.0.